The van der Waals surface area contributed by atoms with Crippen LogP contribution in [0.2, 0.25) is 0 Å². The van der Waals surface area contributed by atoms with E-state index in [1.807, 2.05) is 6.07 Å². The molecule has 0 fully saturated rings. The van der Waals surface area contributed by atoms with Crippen LogP contribution in [0.25, 0.3) is 10.8 Å². The van der Waals surface area contributed by atoms with Gasteiger partial charge in [-0.1, -0.05) is 24.3 Å². The zero-order valence-electron chi connectivity index (χ0n) is 13.4. The second-order valence-corrected chi connectivity index (χ2v) is 5.32. The molecule has 3 rings (SSSR count). The summed E-state index contributed by atoms with van der Waals surface area (Å²) in [5, 5.41) is 6.79. The van der Waals surface area contributed by atoms with Crippen molar-refractivity contribution in [2.24, 2.45) is 7.05 Å². The first-order valence-electron chi connectivity index (χ1n) is 7.39. The number of aryl methyl sites for hydroxylation is 1. The van der Waals surface area contributed by atoms with Crippen molar-refractivity contribution in [2.45, 2.75) is 0 Å². The van der Waals surface area contributed by atoms with Crippen molar-refractivity contribution in [2.75, 3.05) is 17.7 Å². The summed E-state index contributed by atoms with van der Waals surface area (Å²) in [6.07, 6.45) is 1.61. The van der Waals surface area contributed by atoms with Crippen LogP contribution in [0, 0.1) is 0 Å². The Morgan fingerprint density at radius 2 is 1.79 bits per heavy atom. The van der Waals surface area contributed by atoms with Gasteiger partial charge >= 0.3 is 6.03 Å². The Labute approximate surface area is 138 Å². The molecule has 0 atom stereocenters. The lowest BCUT2D eigenvalue weighted by molar-refractivity contribution is 0.262. The van der Waals surface area contributed by atoms with Crippen LogP contribution in [0.3, 0.4) is 0 Å². The molecule has 24 heavy (non-hydrogen) atoms. The molecule has 0 spiro atoms. The van der Waals surface area contributed by atoms with Crippen molar-refractivity contribution in [3.8, 4) is 5.75 Å². The SMILES string of the molecule is COc1cccc(NC(=O)Nc2cn(C)c(=O)c3ccccc23)c1. The molecule has 0 bridgehead atoms. The molecule has 0 radical (unpaired) electrons. The average molecular weight is 323 g/mol. The van der Waals surface area contributed by atoms with Crippen molar-refractivity contribution in [3.05, 3.63) is 65.1 Å². The van der Waals surface area contributed by atoms with Gasteiger partial charge in [0.1, 0.15) is 5.75 Å². The summed E-state index contributed by atoms with van der Waals surface area (Å²) in [6, 6.07) is 13.8. The highest BCUT2D eigenvalue weighted by Gasteiger charge is 2.10. The number of amides is 2. The number of hydrogen-bond donors (Lipinski definition) is 2. The summed E-state index contributed by atoms with van der Waals surface area (Å²) >= 11 is 0. The highest BCUT2D eigenvalue weighted by atomic mass is 16.5. The molecule has 0 aliphatic carbocycles. The number of hydrogen-bond acceptors (Lipinski definition) is 3. The maximum atomic E-state index is 12.3. The average Bonchev–Trinajstić information content (AvgIpc) is 2.59. The molecule has 3 aromatic rings. The summed E-state index contributed by atoms with van der Waals surface area (Å²) in [7, 11) is 3.22. The first-order chi connectivity index (χ1) is 11.6. The van der Waals surface area contributed by atoms with Gasteiger partial charge in [0, 0.05) is 35.8 Å². The minimum Gasteiger partial charge on any atom is -0.497 e. The molecule has 122 valence electrons. The van der Waals surface area contributed by atoms with Gasteiger partial charge in [0.25, 0.3) is 5.56 Å². The van der Waals surface area contributed by atoms with E-state index in [9.17, 15) is 9.59 Å². The van der Waals surface area contributed by atoms with Gasteiger partial charge < -0.3 is 19.9 Å². The Kier molecular flexibility index (Phi) is 4.20. The summed E-state index contributed by atoms with van der Waals surface area (Å²) in [6.45, 7) is 0. The fourth-order valence-electron chi connectivity index (χ4n) is 2.50. The number of ether oxygens (including phenoxy) is 1. The molecule has 6 nitrogen and oxygen atoms in total. The second-order valence-electron chi connectivity index (χ2n) is 5.32. The van der Waals surface area contributed by atoms with E-state index in [0.717, 1.165) is 0 Å². The van der Waals surface area contributed by atoms with Crippen LogP contribution in [0.1, 0.15) is 0 Å². The minimum absolute atomic E-state index is 0.107. The van der Waals surface area contributed by atoms with Gasteiger partial charge in [-0.05, 0) is 18.2 Å². The third-order valence-corrected chi connectivity index (χ3v) is 3.67. The summed E-state index contributed by atoms with van der Waals surface area (Å²) in [5.74, 6) is 0.653. The Bertz CT molecular complexity index is 963. The first-order valence-corrected chi connectivity index (χ1v) is 7.39. The van der Waals surface area contributed by atoms with E-state index < -0.39 is 6.03 Å². The molecular formula is C18H17N3O3. The first kappa shape index (κ1) is 15.6. The van der Waals surface area contributed by atoms with Gasteiger partial charge in [0.05, 0.1) is 12.8 Å². The lowest BCUT2D eigenvalue weighted by atomic mass is 10.1. The van der Waals surface area contributed by atoms with E-state index >= 15 is 0 Å². The number of anilines is 2. The van der Waals surface area contributed by atoms with Gasteiger partial charge in [-0.15, -0.1) is 0 Å². The summed E-state index contributed by atoms with van der Waals surface area (Å²) in [5.41, 5.74) is 1.07. The number of pyridine rings is 1. The van der Waals surface area contributed by atoms with Crippen LogP contribution in [0.4, 0.5) is 16.2 Å². The monoisotopic (exact) mass is 323 g/mol. The van der Waals surface area contributed by atoms with Crippen molar-refractivity contribution >= 4 is 28.2 Å². The molecule has 1 heterocycles. The number of methoxy groups -OCH3 is 1. The third kappa shape index (κ3) is 3.08. The molecule has 2 N–H and O–H groups in total. The highest BCUT2D eigenvalue weighted by molar-refractivity contribution is 6.05. The van der Waals surface area contributed by atoms with Crippen LogP contribution in [-0.4, -0.2) is 17.7 Å². The van der Waals surface area contributed by atoms with Crippen LogP contribution >= 0.6 is 0 Å². The zero-order chi connectivity index (χ0) is 17.1. The summed E-state index contributed by atoms with van der Waals surface area (Å²) in [4.78, 5) is 24.4. The number of carbonyl (C=O) groups is 1. The molecule has 0 unspecified atom stereocenters. The Balaban J connectivity index is 1.88. The fourth-order valence-corrected chi connectivity index (χ4v) is 2.50. The number of rotatable bonds is 3. The lowest BCUT2D eigenvalue weighted by Crippen LogP contribution is -2.23. The van der Waals surface area contributed by atoms with E-state index in [0.29, 0.717) is 27.9 Å². The molecule has 0 aliphatic heterocycles. The Morgan fingerprint density at radius 3 is 2.54 bits per heavy atom. The molecule has 0 aliphatic rings. The maximum Gasteiger partial charge on any atom is 0.323 e. The normalized spacial score (nSPS) is 10.4. The van der Waals surface area contributed by atoms with Crippen molar-refractivity contribution < 1.29 is 9.53 Å². The predicted octanol–water partition coefficient (Wildman–Crippen LogP) is 3.19. The molecule has 1 aromatic heterocycles. The van der Waals surface area contributed by atoms with Gasteiger partial charge in [-0.2, -0.15) is 0 Å². The van der Waals surface area contributed by atoms with Crippen molar-refractivity contribution in [1.82, 2.24) is 4.57 Å². The number of fused-ring (bicyclic) bond motifs is 1. The van der Waals surface area contributed by atoms with Gasteiger partial charge in [-0.25, -0.2) is 4.79 Å². The van der Waals surface area contributed by atoms with Gasteiger partial charge in [-0.3, -0.25) is 4.79 Å². The molecule has 6 heteroatoms. The molecule has 2 aromatic carbocycles. The zero-order valence-corrected chi connectivity index (χ0v) is 13.4. The molecular weight excluding hydrogens is 306 g/mol. The molecule has 0 saturated heterocycles. The number of benzene rings is 2. The van der Waals surface area contributed by atoms with Gasteiger partial charge in [0.2, 0.25) is 0 Å². The fraction of sp³-hybridized carbons (Fsp3) is 0.111. The number of nitrogens with one attached hydrogen (secondary N) is 2. The smallest absolute Gasteiger partial charge is 0.323 e. The largest absolute Gasteiger partial charge is 0.497 e. The quantitative estimate of drug-likeness (QED) is 0.777. The number of urea groups is 1. The third-order valence-electron chi connectivity index (χ3n) is 3.67. The second kappa shape index (κ2) is 6.45. The number of aromatic nitrogens is 1. The van der Waals surface area contributed by atoms with Crippen molar-refractivity contribution in [1.29, 1.82) is 0 Å². The summed E-state index contributed by atoms with van der Waals surface area (Å²) < 4.78 is 6.58. The van der Waals surface area contributed by atoms with Crippen molar-refractivity contribution in [3.63, 3.8) is 0 Å². The molecule has 2 amide bonds. The lowest BCUT2D eigenvalue weighted by Gasteiger charge is -2.12. The van der Waals surface area contributed by atoms with E-state index in [1.54, 1.807) is 62.8 Å². The highest BCUT2D eigenvalue weighted by Crippen LogP contribution is 2.21. The van der Waals surface area contributed by atoms with E-state index in [-0.39, 0.29) is 5.56 Å². The van der Waals surface area contributed by atoms with Crippen LogP contribution in [-0.2, 0) is 7.05 Å². The minimum atomic E-state index is -0.396. The van der Waals surface area contributed by atoms with Gasteiger partial charge in [0.15, 0.2) is 0 Å². The standard InChI is InChI=1S/C18H17N3O3/c1-21-11-16(14-8-3-4-9-15(14)17(21)22)20-18(23)19-12-6-5-7-13(10-12)24-2/h3-11H,1-2H3,(H2,19,20,23). The topological polar surface area (TPSA) is 72.4 Å². The Morgan fingerprint density at radius 1 is 1.04 bits per heavy atom. The predicted molar refractivity (Wildman–Crippen MR) is 94.8 cm³/mol. The van der Waals surface area contributed by atoms with Crippen LogP contribution in [0.5, 0.6) is 5.75 Å². The van der Waals surface area contributed by atoms with E-state index in [2.05, 4.69) is 10.6 Å². The Hall–Kier alpha value is -3.28. The van der Waals surface area contributed by atoms with E-state index in [4.69, 9.17) is 4.74 Å². The number of carbonyl (C=O) groups excluding carboxylic acids is 1. The van der Waals surface area contributed by atoms with Crippen LogP contribution in [0.15, 0.2) is 59.5 Å². The maximum absolute atomic E-state index is 12.3. The number of nitrogens with zero attached hydrogens (tertiary/aromatic N) is 1. The molecule has 0 saturated carbocycles. The van der Waals surface area contributed by atoms with E-state index in [1.165, 1.54) is 4.57 Å². The van der Waals surface area contributed by atoms with Crippen LogP contribution < -0.4 is 20.9 Å².